The van der Waals surface area contributed by atoms with Crippen LogP contribution in [0.2, 0.25) is 0 Å². The molecule has 132 valence electrons. The number of carbonyl (C=O) groups is 2. The van der Waals surface area contributed by atoms with E-state index >= 15 is 0 Å². The number of rotatable bonds is 8. The Morgan fingerprint density at radius 1 is 1.12 bits per heavy atom. The van der Waals surface area contributed by atoms with Gasteiger partial charge in [-0.1, -0.05) is 12.1 Å². The predicted octanol–water partition coefficient (Wildman–Crippen LogP) is 2.77. The van der Waals surface area contributed by atoms with Crippen LogP contribution in [0.3, 0.4) is 0 Å². The molecule has 0 aliphatic carbocycles. The van der Waals surface area contributed by atoms with Crippen LogP contribution >= 0.6 is 0 Å². The summed E-state index contributed by atoms with van der Waals surface area (Å²) in [6.45, 7) is 1.85. The molecule has 25 heavy (non-hydrogen) atoms. The molecule has 0 saturated heterocycles. The largest absolute Gasteiger partial charge is 0.496 e. The summed E-state index contributed by atoms with van der Waals surface area (Å²) in [5.74, 6) is -0.0753. The third-order valence-corrected chi connectivity index (χ3v) is 3.56. The second kappa shape index (κ2) is 8.82. The second-order valence-corrected chi connectivity index (χ2v) is 5.39. The van der Waals surface area contributed by atoms with E-state index in [-0.39, 0.29) is 37.0 Å². The number of hydrogen-bond acceptors (Lipinski definition) is 4. The number of ether oxygens (including phenoxy) is 2. The quantitative estimate of drug-likeness (QED) is 0.590. The van der Waals surface area contributed by atoms with Gasteiger partial charge in [0.05, 0.1) is 20.1 Å². The lowest BCUT2D eigenvalue weighted by Crippen LogP contribution is -2.29. The van der Waals surface area contributed by atoms with Crippen LogP contribution in [0.4, 0.5) is 4.39 Å². The molecule has 1 amide bonds. The first kappa shape index (κ1) is 18.4. The van der Waals surface area contributed by atoms with E-state index in [9.17, 15) is 14.0 Å². The maximum atomic E-state index is 13.4. The van der Waals surface area contributed by atoms with Crippen LogP contribution in [-0.4, -0.2) is 32.0 Å². The van der Waals surface area contributed by atoms with Crippen LogP contribution in [-0.2, 0) is 11.2 Å². The Labute approximate surface area is 145 Å². The molecular formula is C19H20FNO4. The number of benzene rings is 2. The summed E-state index contributed by atoms with van der Waals surface area (Å²) in [7, 11) is 1.51. The molecule has 2 aromatic carbocycles. The molecular weight excluding hydrogens is 325 g/mol. The number of nitrogens with one attached hydrogen (secondary N) is 1. The molecule has 0 heterocycles. The number of carbonyl (C=O) groups excluding carboxylic acids is 2. The van der Waals surface area contributed by atoms with E-state index in [1.54, 1.807) is 30.3 Å². The normalized spacial score (nSPS) is 10.2. The van der Waals surface area contributed by atoms with Gasteiger partial charge < -0.3 is 14.8 Å². The van der Waals surface area contributed by atoms with Gasteiger partial charge in [0.1, 0.15) is 12.4 Å². The fourth-order valence-electron chi connectivity index (χ4n) is 2.28. The summed E-state index contributed by atoms with van der Waals surface area (Å²) in [4.78, 5) is 23.5. The number of ketones is 1. The lowest BCUT2D eigenvalue weighted by molar-refractivity contribution is -0.120. The van der Waals surface area contributed by atoms with Crippen LogP contribution < -0.4 is 14.8 Å². The average molecular weight is 345 g/mol. The Kier molecular flexibility index (Phi) is 6.51. The molecule has 2 rings (SSSR count). The Morgan fingerprint density at radius 2 is 1.88 bits per heavy atom. The molecule has 0 fully saturated rings. The van der Waals surface area contributed by atoms with Gasteiger partial charge >= 0.3 is 0 Å². The van der Waals surface area contributed by atoms with Gasteiger partial charge in [0, 0.05) is 11.1 Å². The topological polar surface area (TPSA) is 64.6 Å². The van der Waals surface area contributed by atoms with Gasteiger partial charge in [0.25, 0.3) is 0 Å². The molecule has 6 heteroatoms. The molecule has 0 aromatic heterocycles. The number of hydrogen-bond donors (Lipinski definition) is 1. The predicted molar refractivity (Wildman–Crippen MR) is 91.6 cm³/mol. The molecule has 0 bridgehead atoms. The van der Waals surface area contributed by atoms with E-state index in [2.05, 4.69) is 5.32 Å². The number of para-hydroxylation sites is 1. The SMILES string of the molecule is COc1ccc(C(C)=O)cc1CC(=O)NCCOc1ccccc1F. The van der Waals surface area contributed by atoms with Crippen LogP contribution in [0.25, 0.3) is 0 Å². The molecule has 0 atom stereocenters. The van der Waals surface area contributed by atoms with Crippen molar-refractivity contribution in [3.63, 3.8) is 0 Å². The van der Waals surface area contributed by atoms with Crippen molar-refractivity contribution < 1.29 is 23.5 Å². The van der Waals surface area contributed by atoms with Gasteiger partial charge in [-0.3, -0.25) is 9.59 Å². The van der Waals surface area contributed by atoms with Crippen molar-refractivity contribution in [2.75, 3.05) is 20.3 Å². The molecule has 1 N–H and O–H groups in total. The average Bonchev–Trinajstić information content (AvgIpc) is 2.60. The zero-order valence-electron chi connectivity index (χ0n) is 14.2. The summed E-state index contributed by atoms with van der Waals surface area (Å²) in [5.41, 5.74) is 1.15. The molecule has 0 aliphatic rings. The van der Waals surface area contributed by atoms with E-state index < -0.39 is 5.82 Å². The fourth-order valence-corrected chi connectivity index (χ4v) is 2.28. The molecule has 0 saturated carbocycles. The summed E-state index contributed by atoms with van der Waals surface area (Å²) >= 11 is 0. The number of amides is 1. The Morgan fingerprint density at radius 3 is 2.56 bits per heavy atom. The van der Waals surface area contributed by atoms with Gasteiger partial charge in [0.15, 0.2) is 17.3 Å². The molecule has 0 aliphatic heterocycles. The standard InChI is InChI=1S/C19H20FNO4/c1-13(22)14-7-8-17(24-2)15(11-14)12-19(23)21-9-10-25-18-6-4-3-5-16(18)20/h3-8,11H,9-10,12H2,1-2H3,(H,21,23). The summed E-state index contributed by atoms with van der Waals surface area (Å²) in [6, 6.07) is 11.1. The van der Waals surface area contributed by atoms with Crippen molar-refractivity contribution >= 4 is 11.7 Å². The van der Waals surface area contributed by atoms with Gasteiger partial charge in [-0.05, 0) is 37.3 Å². The number of halogens is 1. The first-order valence-electron chi connectivity index (χ1n) is 7.83. The third kappa shape index (κ3) is 5.31. The zero-order valence-corrected chi connectivity index (χ0v) is 14.2. The van der Waals surface area contributed by atoms with Crippen molar-refractivity contribution in [2.45, 2.75) is 13.3 Å². The van der Waals surface area contributed by atoms with Crippen molar-refractivity contribution in [3.05, 3.63) is 59.4 Å². The summed E-state index contributed by atoms with van der Waals surface area (Å²) < 4.78 is 23.9. The Balaban J connectivity index is 1.87. The maximum Gasteiger partial charge on any atom is 0.224 e. The molecule has 0 spiro atoms. The van der Waals surface area contributed by atoms with Crippen LogP contribution in [0.5, 0.6) is 11.5 Å². The summed E-state index contributed by atoms with van der Waals surface area (Å²) in [5, 5.41) is 2.69. The van der Waals surface area contributed by atoms with Gasteiger partial charge in [-0.2, -0.15) is 0 Å². The van der Waals surface area contributed by atoms with Crippen molar-refractivity contribution in [1.29, 1.82) is 0 Å². The monoisotopic (exact) mass is 345 g/mol. The Hall–Kier alpha value is -2.89. The maximum absolute atomic E-state index is 13.4. The molecule has 0 radical (unpaired) electrons. The minimum atomic E-state index is -0.445. The van der Waals surface area contributed by atoms with Crippen LogP contribution in [0, 0.1) is 5.82 Å². The third-order valence-electron chi connectivity index (χ3n) is 3.56. The van der Waals surface area contributed by atoms with Gasteiger partial charge in [-0.15, -0.1) is 0 Å². The van der Waals surface area contributed by atoms with Crippen molar-refractivity contribution in [3.8, 4) is 11.5 Å². The lowest BCUT2D eigenvalue weighted by Gasteiger charge is -2.11. The minimum absolute atomic E-state index is 0.0734. The smallest absolute Gasteiger partial charge is 0.224 e. The Bertz CT molecular complexity index is 761. The highest BCUT2D eigenvalue weighted by Gasteiger charge is 2.11. The molecule has 2 aromatic rings. The minimum Gasteiger partial charge on any atom is -0.496 e. The zero-order chi connectivity index (χ0) is 18.2. The second-order valence-electron chi connectivity index (χ2n) is 5.39. The van der Waals surface area contributed by atoms with Gasteiger partial charge in [0.2, 0.25) is 5.91 Å². The molecule has 5 nitrogen and oxygen atoms in total. The first-order valence-corrected chi connectivity index (χ1v) is 7.83. The highest BCUT2D eigenvalue weighted by Crippen LogP contribution is 2.21. The highest BCUT2D eigenvalue weighted by molar-refractivity contribution is 5.94. The van der Waals surface area contributed by atoms with Gasteiger partial charge in [-0.25, -0.2) is 4.39 Å². The fraction of sp³-hybridized carbons (Fsp3) is 0.263. The number of methoxy groups -OCH3 is 1. The highest BCUT2D eigenvalue weighted by atomic mass is 19.1. The van der Waals surface area contributed by atoms with Crippen molar-refractivity contribution in [1.82, 2.24) is 5.32 Å². The van der Waals surface area contributed by atoms with E-state index in [0.29, 0.717) is 16.9 Å². The molecule has 0 unspecified atom stereocenters. The lowest BCUT2D eigenvalue weighted by atomic mass is 10.0. The van der Waals surface area contributed by atoms with Crippen LogP contribution in [0.1, 0.15) is 22.8 Å². The van der Waals surface area contributed by atoms with Crippen molar-refractivity contribution in [2.24, 2.45) is 0 Å². The summed E-state index contributed by atoms with van der Waals surface area (Å²) in [6.07, 6.45) is 0.0734. The van der Waals surface area contributed by atoms with E-state index in [1.807, 2.05) is 0 Å². The van der Waals surface area contributed by atoms with E-state index in [0.717, 1.165) is 0 Å². The van der Waals surface area contributed by atoms with E-state index in [4.69, 9.17) is 9.47 Å². The van der Waals surface area contributed by atoms with Crippen LogP contribution in [0.15, 0.2) is 42.5 Å². The first-order chi connectivity index (χ1) is 12.0. The number of Topliss-reactive ketones (excluding diaryl/α,β-unsaturated/α-hetero) is 1. The van der Waals surface area contributed by atoms with E-state index in [1.165, 1.54) is 26.2 Å².